The van der Waals surface area contributed by atoms with E-state index in [-0.39, 0.29) is 17.2 Å². The van der Waals surface area contributed by atoms with E-state index in [1.165, 1.54) is 12.1 Å². The molecule has 0 amide bonds. The number of nitrogens with zero attached hydrogens (tertiary/aromatic N) is 1. The molecule has 4 nitrogen and oxygen atoms in total. The molecular weight excluding hydrogens is 321 g/mol. The number of carbonyl (C=O) groups is 1. The lowest BCUT2D eigenvalue weighted by Gasteiger charge is -2.05. The van der Waals surface area contributed by atoms with Crippen molar-refractivity contribution in [3.05, 3.63) is 76.8 Å². The first kappa shape index (κ1) is 15.2. The van der Waals surface area contributed by atoms with Crippen LogP contribution >= 0.6 is 11.6 Å². The van der Waals surface area contributed by atoms with Crippen molar-refractivity contribution in [3.8, 4) is 11.3 Å². The molecule has 3 aromatic rings. The summed E-state index contributed by atoms with van der Waals surface area (Å²) >= 11 is 5.81. The lowest BCUT2D eigenvalue weighted by atomic mass is 10.1. The summed E-state index contributed by atoms with van der Waals surface area (Å²) in [5, 5.41) is 3.90. The predicted octanol–water partition coefficient (Wildman–Crippen LogP) is 4.49. The minimum absolute atomic E-state index is 0.00227. The fourth-order valence-electron chi connectivity index (χ4n) is 2.03. The molecule has 6 heteroatoms. The zero-order valence-corrected chi connectivity index (χ0v) is 12.6. The van der Waals surface area contributed by atoms with Crippen LogP contribution in [0.4, 0.5) is 4.39 Å². The molecule has 23 heavy (non-hydrogen) atoms. The molecule has 0 fully saturated rings. The molecule has 0 spiro atoms. The Labute approximate surface area is 136 Å². The quantitative estimate of drug-likeness (QED) is 0.661. The summed E-state index contributed by atoms with van der Waals surface area (Å²) in [6.45, 7) is -0.163. The Morgan fingerprint density at radius 3 is 2.70 bits per heavy atom. The summed E-state index contributed by atoms with van der Waals surface area (Å²) in [6.07, 6.45) is 0. The SMILES string of the molecule is O=C(OCc1cc(-c2ccccc2)no1)c1c(F)cccc1Cl. The highest BCUT2D eigenvalue weighted by Gasteiger charge is 2.18. The summed E-state index contributed by atoms with van der Waals surface area (Å²) in [4.78, 5) is 11.9. The highest BCUT2D eigenvalue weighted by Crippen LogP contribution is 2.22. The van der Waals surface area contributed by atoms with Gasteiger partial charge in [0.1, 0.15) is 17.1 Å². The van der Waals surface area contributed by atoms with E-state index in [0.717, 1.165) is 11.6 Å². The van der Waals surface area contributed by atoms with Gasteiger partial charge in [-0.2, -0.15) is 0 Å². The van der Waals surface area contributed by atoms with Crippen molar-refractivity contribution in [2.45, 2.75) is 6.61 Å². The largest absolute Gasteiger partial charge is 0.454 e. The first-order chi connectivity index (χ1) is 11.1. The standard InChI is InChI=1S/C17H11ClFNO3/c18-13-7-4-8-14(19)16(13)17(21)22-10-12-9-15(20-23-12)11-5-2-1-3-6-11/h1-9H,10H2. The maximum absolute atomic E-state index is 13.6. The lowest BCUT2D eigenvalue weighted by molar-refractivity contribution is 0.0432. The smallest absolute Gasteiger partial charge is 0.343 e. The molecule has 0 aliphatic carbocycles. The first-order valence-electron chi connectivity index (χ1n) is 6.77. The topological polar surface area (TPSA) is 52.3 Å². The van der Waals surface area contributed by atoms with Gasteiger partial charge in [0, 0.05) is 11.6 Å². The number of esters is 1. The summed E-state index contributed by atoms with van der Waals surface area (Å²) in [5.74, 6) is -1.24. The predicted molar refractivity (Wildman–Crippen MR) is 82.5 cm³/mol. The van der Waals surface area contributed by atoms with Crippen molar-refractivity contribution in [2.24, 2.45) is 0 Å². The van der Waals surface area contributed by atoms with Crippen LogP contribution < -0.4 is 0 Å². The van der Waals surface area contributed by atoms with Crippen molar-refractivity contribution in [2.75, 3.05) is 0 Å². The highest BCUT2D eigenvalue weighted by molar-refractivity contribution is 6.33. The molecule has 0 atom stereocenters. The molecular formula is C17H11ClFNO3. The highest BCUT2D eigenvalue weighted by atomic mass is 35.5. The van der Waals surface area contributed by atoms with Crippen LogP contribution in [-0.4, -0.2) is 11.1 Å². The average molecular weight is 332 g/mol. The molecule has 116 valence electrons. The summed E-state index contributed by atoms with van der Waals surface area (Å²) in [5.41, 5.74) is 1.21. The number of hydrogen-bond acceptors (Lipinski definition) is 4. The third kappa shape index (κ3) is 3.40. The van der Waals surface area contributed by atoms with Crippen molar-refractivity contribution >= 4 is 17.6 Å². The number of rotatable bonds is 4. The first-order valence-corrected chi connectivity index (χ1v) is 7.15. The van der Waals surface area contributed by atoms with Crippen molar-refractivity contribution in [1.29, 1.82) is 0 Å². The van der Waals surface area contributed by atoms with E-state index in [9.17, 15) is 9.18 Å². The molecule has 0 aliphatic rings. The maximum atomic E-state index is 13.6. The van der Waals surface area contributed by atoms with Gasteiger partial charge in [-0.25, -0.2) is 9.18 Å². The van der Waals surface area contributed by atoms with Gasteiger partial charge in [-0.1, -0.05) is 53.2 Å². The van der Waals surface area contributed by atoms with Crippen molar-refractivity contribution in [1.82, 2.24) is 5.16 Å². The Balaban J connectivity index is 1.70. The Kier molecular flexibility index (Phi) is 4.39. The number of carbonyl (C=O) groups excluding carboxylic acids is 1. The average Bonchev–Trinajstić information content (AvgIpc) is 3.02. The molecule has 1 aromatic heterocycles. The molecule has 0 aliphatic heterocycles. The Bertz CT molecular complexity index is 813. The summed E-state index contributed by atoms with van der Waals surface area (Å²) < 4.78 is 23.8. The fourth-order valence-corrected chi connectivity index (χ4v) is 2.27. The minimum atomic E-state index is -0.856. The number of halogens is 2. The van der Waals surface area contributed by atoms with Gasteiger partial charge in [-0.05, 0) is 12.1 Å². The van der Waals surface area contributed by atoms with Crippen LogP contribution in [0.25, 0.3) is 11.3 Å². The Morgan fingerprint density at radius 2 is 1.96 bits per heavy atom. The van der Waals surface area contributed by atoms with Gasteiger partial charge in [0.25, 0.3) is 0 Å². The molecule has 0 bridgehead atoms. The van der Waals surface area contributed by atoms with Crippen LogP contribution in [-0.2, 0) is 11.3 Å². The molecule has 0 N–H and O–H groups in total. The zero-order valence-electron chi connectivity index (χ0n) is 11.8. The van der Waals surface area contributed by atoms with Crippen molar-refractivity contribution < 1.29 is 18.4 Å². The van der Waals surface area contributed by atoms with Crippen LogP contribution in [0.5, 0.6) is 0 Å². The number of hydrogen-bond donors (Lipinski definition) is 0. The minimum Gasteiger partial charge on any atom is -0.454 e. The second-order valence-electron chi connectivity index (χ2n) is 4.72. The van der Waals surface area contributed by atoms with E-state index in [2.05, 4.69) is 5.16 Å². The van der Waals surface area contributed by atoms with Crippen molar-refractivity contribution in [3.63, 3.8) is 0 Å². The summed E-state index contributed by atoms with van der Waals surface area (Å²) in [6, 6.07) is 15.0. The zero-order chi connectivity index (χ0) is 16.2. The van der Waals surface area contributed by atoms with E-state index < -0.39 is 11.8 Å². The van der Waals surface area contributed by atoms with Gasteiger partial charge in [0.15, 0.2) is 12.4 Å². The maximum Gasteiger partial charge on any atom is 0.343 e. The van der Waals surface area contributed by atoms with Crippen LogP contribution in [0.15, 0.2) is 59.1 Å². The van der Waals surface area contributed by atoms with Gasteiger partial charge >= 0.3 is 5.97 Å². The molecule has 0 saturated heterocycles. The van der Waals surface area contributed by atoms with Crippen LogP contribution in [0.1, 0.15) is 16.1 Å². The van der Waals surface area contributed by atoms with Crippen LogP contribution in [0, 0.1) is 5.82 Å². The molecule has 3 rings (SSSR count). The Hall–Kier alpha value is -2.66. The molecule has 0 radical (unpaired) electrons. The van der Waals surface area contributed by atoms with E-state index in [0.29, 0.717) is 11.5 Å². The normalized spacial score (nSPS) is 10.5. The lowest BCUT2D eigenvalue weighted by Crippen LogP contribution is -2.08. The fraction of sp³-hybridized carbons (Fsp3) is 0.0588. The second kappa shape index (κ2) is 6.62. The number of ether oxygens (including phenoxy) is 1. The molecule has 2 aromatic carbocycles. The van der Waals surface area contributed by atoms with Gasteiger partial charge in [0.05, 0.1) is 5.02 Å². The monoisotopic (exact) mass is 331 g/mol. The third-order valence-corrected chi connectivity index (χ3v) is 3.46. The van der Waals surface area contributed by atoms with Crippen LogP contribution in [0.3, 0.4) is 0 Å². The van der Waals surface area contributed by atoms with Gasteiger partial charge in [0.2, 0.25) is 0 Å². The molecule has 1 heterocycles. The van der Waals surface area contributed by atoms with Gasteiger partial charge in [-0.15, -0.1) is 0 Å². The van der Waals surface area contributed by atoms with E-state index in [1.807, 2.05) is 30.3 Å². The van der Waals surface area contributed by atoms with E-state index in [4.69, 9.17) is 20.9 Å². The van der Waals surface area contributed by atoms with Gasteiger partial charge < -0.3 is 9.26 Å². The van der Waals surface area contributed by atoms with Crippen LogP contribution in [0.2, 0.25) is 5.02 Å². The van der Waals surface area contributed by atoms with E-state index in [1.54, 1.807) is 6.07 Å². The molecule has 0 saturated carbocycles. The van der Waals surface area contributed by atoms with Gasteiger partial charge in [-0.3, -0.25) is 0 Å². The van der Waals surface area contributed by atoms with E-state index >= 15 is 0 Å². The number of aromatic nitrogens is 1. The summed E-state index contributed by atoms with van der Waals surface area (Å²) in [7, 11) is 0. The molecule has 0 unspecified atom stereocenters. The third-order valence-electron chi connectivity index (χ3n) is 3.14. The number of benzene rings is 2. The Morgan fingerprint density at radius 1 is 1.17 bits per heavy atom. The second-order valence-corrected chi connectivity index (χ2v) is 5.12.